The fraction of sp³-hybridized carbons (Fsp3) is 0.269. The zero-order valence-electron chi connectivity index (χ0n) is 18.8. The number of piperidine rings is 1. The summed E-state index contributed by atoms with van der Waals surface area (Å²) >= 11 is 2.93. The number of aromatic nitrogens is 1. The Balaban J connectivity index is 1.43. The second kappa shape index (κ2) is 9.95. The van der Waals surface area contributed by atoms with Gasteiger partial charge >= 0.3 is 0 Å². The van der Waals surface area contributed by atoms with Gasteiger partial charge in [-0.2, -0.15) is 0 Å². The van der Waals surface area contributed by atoms with E-state index in [-0.39, 0.29) is 17.7 Å². The number of nitrogens with zero attached hydrogens (tertiary/aromatic N) is 3. The van der Waals surface area contributed by atoms with Crippen LogP contribution in [0.4, 0.5) is 5.13 Å². The summed E-state index contributed by atoms with van der Waals surface area (Å²) in [4.78, 5) is 35.9. The van der Waals surface area contributed by atoms with Crippen molar-refractivity contribution in [3.63, 3.8) is 0 Å². The van der Waals surface area contributed by atoms with Gasteiger partial charge in [0.2, 0.25) is 5.91 Å². The first kappa shape index (κ1) is 22.6. The molecule has 34 heavy (non-hydrogen) atoms. The highest BCUT2D eigenvalue weighted by Crippen LogP contribution is 2.34. The molecule has 0 bridgehead atoms. The Labute approximate surface area is 206 Å². The number of rotatable bonds is 6. The number of carbonyl (C=O) groups is 2. The molecule has 3 heterocycles. The topological polar surface area (TPSA) is 62.7 Å². The van der Waals surface area contributed by atoms with Crippen molar-refractivity contribution in [2.75, 3.05) is 25.1 Å². The molecule has 2 aromatic carbocycles. The largest absolute Gasteiger partial charge is 0.497 e. The number of fused-ring (bicyclic) bond motifs is 1. The lowest BCUT2D eigenvalue weighted by molar-refractivity contribution is -0.123. The summed E-state index contributed by atoms with van der Waals surface area (Å²) in [6, 6.07) is 19.4. The molecule has 8 heteroatoms. The van der Waals surface area contributed by atoms with Crippen molar-refractivity contribution < 1.29 is 14.3 Å². The standard InChI is InChI=1S/C26H25N3O3S2/c1-32-20-11-12-21-23(15-20)34-26(27-21)29(16-18-7-3-2-4-8-18)24(30)19-9-5-13-28(17-19)25(31)22-10-6-14-33-22/h2-4,6-8,10-12,14-15,19H,5,9,13,16-17H2,1H3. The van der Waals surface area contributed by atoms with Gasteiger partial charge in [-0.1, -0.05) is 47.7 Å². The maximum absolute atomic E-state index is 13.9. The number of thiazole rings is 1. The number of ether oxygens (including phenoxy) is 1. The van der Waals surface area contributed by atoms with Crippen LogP contribution in [0, 0.1) is 5.92 Å². The predicted molar refractivity (Wildman–Crippen MR) is 137 cm³/mol. The second-order valence-electron chi connectivity index (χ2n) is 8.31. The molecule has 0 saturated carbocycles. The van der Waals surface area contributed by atoms with Gasteiger partial charge < -0.3 is 9.64 Å². The van der Waals surface area contributed by atoms with Gasteiger partial charge in [-0.15, -0.1) is 11.3 Å². The molecule has 5 rings (SSSR count). The summed E-state index contributed by atoms with van der Waals surface area (Å²) < 4.78 is 6.33. The van der Waals surface area contributed by atoms with Crippen LogP contribution >= 0.6 is 22.7 Å². The Morgan fingerprint density at radius 1 is 1.15 bits per heavy atom. The third-order valence-corrected chi connectivity index (χ3v) is 7.95. The molecule has 174 valence electrons. The molecule has 0 N–H and O–H groups in total. The third-order valence-electron chi connectivity index (χ3n) is 6.05. The number of anilines is 1. The molecule has 2 amide bonds. The minimum atomic E-state index is -0.261. The predicted octanol–water partition coefficient (Wildman–Crippen LogP) is 5.45. The van der Waals surface area contributed by atoms with E-state index in [1.807, 2.05) is 70.9 Å². The number of methoxy groups -OCH3 is 1. The molecule has 0 radical (unpaired) electrons. The first-order chi connectivity index (χ1) is 16.6. The van der Waals surface area contributed by atoms with Crippen LogP contribution in [0.1, 0.15) is 28.1 Å². The first-order valence-electron chi connectivity index (χ1n) is 11.2. The van der Waals surface area contributed by atoms with Gasteiger partial charge in [0, 0.05) is 13.1 Å². The van der Waals surface area contributed by atoms with Gasteiger partial charge in [-0.25, -0.2) is 4.98 Å². The summed E-state index contributed by atoms with van der Waals surface area (Å²) in [5.41, 5.74) is 1.87. The number of carbonyl (C=O) groups excluding carboxylic acids is 2. The van der Waals surface area contributed by atoms with Crippen molar-refractivity contribution in [2.24, 2.45) is 5.92 Å². The summed E-state index contributed by atoms with van der Waals surface area (Å²) in [7, 11) is 1.64. The van der Waals surface area contributed by atoms with E-state index in [0.717, 1.165) is 39.2 Å². The molecule has 2 aromatic heterocycles. The van der Waals surface area contributed by atoms with Crippen molar-refractivity contribution in [3.8, 4) is 5.75 Å². The highest BCUT2D eigenvalue weighted by Gasteiger charge is 2.33. The molecule has 1 aliphatic rings. The Hall–Kier alpha value is -3.23. The quantitative estimate of drug-likeness (QED) is 0.360. The summed E-state index contributed by atoms with van der Waals surface area (Å²) in [6.45, 7) is 1.55. The number of benzene rings is 2. The molecule has 6 nitrogen and oxygen atoms in total. The number of amides is 2. The van der Waals surface area contributed by atoms with Crippen LogP contribution in [0.3, 0.4) is 0 Å². The Kier molecular flexibility index (Phi) is 6.60. The summed E-state index contributed by atoms with van der Waals surface area (Å²) in [6.07, 6.45) is 1.57. The van der Waals surface area contributed by atoms with E-state index in [9.17, 15) is 9.59 Å². The second-order valence-corrected chi connectivity index (χ2v) is 10.3. The summed E-state index contributed by atoms with van der Waals surface area (Å²) in [5.74, 6) is 0.523. The Morgan fingerprint density at radius 3 is 2.76 bits per heavy atom. The lowest BCUT2D eigenvalue weighted by Gasteiger charge is -2.34. The molecule has 0 spiro atoms. The maximum Gasteiger partial charge on any atom is 0.263 e. The van der Waals surface area contributed by atoms with E-state index in [0.29, 0.717) is 24.8 Å². The molecular formula is C26H25N3O3S2. The lowest BCUT2D eigenvalue weighted by Crippen LogP contribution is -2.46. The van der Waals surface area contributed by atoms with Crippen molar-refractivity contribution >= 4 is 49.8 Å². The monoisotopic (exact) mass is 491 g/mol. The zero-order chi connectivity index (χ0) is 23.5. The average molecular weight is 492 g/mol. The number of thiophene rings is 1. The van der Waals surface area contributed by atoms with E-state index in [4.69, 9.17) is 9.72 Å². The van der Waals surface area contributed by atoms with E-state index in [1.54, 1.807) is 12.0 Å². The van der Waals surface area contributed by atoms with Crippen LogP contribution in [0.5, 0.6) is 5.75 Å². The van der Waals surface area contributed by atoms with Crippen molar-refractivity contribution in [3.05, 3.63) is 76.5 Å². The Bertz CT molecular complexity index is 1290. The SMILES string of the molecule is COc1ccc2nc(N(Cc3ccccc3)C(=O)C3CCCN(C(=O)c4cccs4)C3)sc2c1. The van der Waals surface area contributed by atoms with E-state index in [2.05, 4.69) is 0 Å². The number of hydrogen-bond acceptors (Lipinski definition) is 6. The van der Waals surface area contributed by atoms with Crippen LogP contribution < -0.4 is 9.64 Å². The molecule has 1 unspecified atom stereocenters. The molecule has 1 atom stereocenters. The van der Waals surface area contributed by atoms with Gasteiger partial charge in [0.25, 0.3) is 5.91 Å². The third kappa shape index (κ3) is 4.69. The molecule has 1 aliphatic heterocycles. The first-order valence-corrected chi connectivity index (χ1v) is 12.9. The van der Waals surface area contributed by atoms with Crippen molar-refractivity contribution in [2.45, 2.75) is 19.4 Å². The number of likely N-dealkylation sites (tertiary alicyclic amines) is 1. The lowest BCUT2D eigenvalue weighted by atomic mass is 9.96. The summed E-state index contributed by atoms with van der Waals surface area (Å²) in [5, 5.41) is 2.57. The van der Waals surface area contributed by atoms with Crippen LogP contribution in [0.15, 0.2) is 66.0 Å². The van der Waals surface area contributed by atoms with E-state index < -0.39 is 0 Å². The maximum atomic E-state index is 13.9. The number of hydrogen-bond donors (Lipinski definition) is 0. The fourth-order valence-corrected chi connectivity index (χ4v) is 5.97. The normalized spacial score (nSPS) is 15.9. The van der Waals surface area contributed by atoms with Crippen LogP contribution in [0.25, 0.3) is 10.2 Å². The fourth-order valence-electron chi connectivity index (χ4n) is 4.28. The van der Waals surface area contributed by atoms with Gasteiger partial charge in [-0.3, -0.25) is 14.5 Å². The van der Waals surface area contributed by atoms with Gasteiger partial charge in [-0.05, 0) is 48.1 Å². The van der Waals surface area contributed by atoms with Gasteiger partial charge in [0.1, 0.15) is 5.75 Å². The van der Waals surface area contributed by atoms with Crippen LogP contribution in [-0.2, 0) is 11.3 Å². The highest BCUT2D eigenvalue weighted by atomic mass is 32.1. The molecule has 0 aliphatic carbocycles. The van der Waals surface area contributed by atoms with E-state index in [1.165, 1.54) is 22.7 Å². The Morgan fingerprint density at radius 2 is 2.00 bits per heavy atom. The highest BCUT2D eigenvalue weighted by molar-refractivity contribution is 7.22. The minimum absolute atomic E-state index is 0.00851. The van der Waals surface area contributed by atoms with Crippen molar-refractivity contribution in [1.82, 2.24) is 9.88 Å². The molecule has 4 aromatic rings. The van der Waals surface area contributed by atoms with Crippen LogP contribution in [0.2, 0.25) is 0 Å². The zero-order valence-corrected chi connectivity index (χ0v) is 20.5. The van der Waals surface area contributed by atoms with E-state index >= 15 is 0 Å². The van der Waals surface area contributed by atoms with Gasteiger partial charge in [0.05, 0.1) is 34.7 Å². The van der Waals surface area contributed by atoms with Crippen LogP contribution in [-0.4, -0.2) is 41.9 Å². The smallest absolute Gasteiger partial charge is 0.263 e. The average Bonchev–Trinajstić information content (AvgIpc) is 3.57. The van der Waals surface area contributed by atoms with Crippen molar-refractivity contribution in [1.29, 1.82) is 0 Å². The molecular weight excluding hydrogens is 466 g/mol. The molecule has 1 fully saturated rings. The minimum Gasteiger partial charge on any atom is -0.497 e. The molecule has 1 saturated heterocycles. The van der Waals surface area contributed by atoms with Gasteiger partial charge in [0.15, 0.2) is 5.13 Å².